The van der Waals surface area contributed by atoms with E-state index in [2.05, 4.69) is 16.0 Å². The molecule has 0 aromatic heterocycles. The molecule has 2 rings (SSSR count). The summed E-state index contributed by atoms with van der Waals surface area (Å²) in [4.78, 5) is 12.3. The third kappa shape index (κ3) is 4.92. The monoisotopic (exact) mass is 356 g/mol. The van der Waals surface area contributed by atoms with Crippen molar-refractivity contribution < 1.29 is 13.2 Å². The molecule has 6 heteroatoms. The van der Waals surface area contributed by atoms with Crippen LogP contribution in [-0.4, -0.2) is 20.9 Å². The highest BCUT2D eigenvalue weighted by Gasteiger charge is 2.15. The van der Waals surface area contributed by atoms with Crippen molar-refractivity contribution in [2.45, 2.75) is 25.3 Å². The first-order valence-corrected chi connectivity index (χ1v) is 9.19. The highest BCUT2D eigenvalue weighted by Crippen LogP contribution is 2.13. The van der Waals surface area contributed by atoms with Crippen molar-refractivity contribution in [2.75, 3.05) is 6.54 Å². The van der Waals surface area contributed by atoms with Crippen molar-refractivity contribution in [2.24, 2.45) is 0 Å². The van der Waals surface area contributed by atoms with Gasteiger partial charge in [0.15, 0.2) is 0 Å². The molecule has 0 saturated heterocycles. The molecule has 0 saturated carbocycles. The number of aryl methyl sites for hydroxylation is 2. The van der Waals surface area contributed by atoms with E-state index in [4.69, 9.17) is 6.42 Å². The van der Waals surface area contributed by atoms with Crippen LogP contribution in [0.5, 0.6) is 0 Å². The topological polar surface area (TPSA) is 75.3 Å². The van der Waals surface area contributed by atoms with E-state index in [-0.39, 0.29) is 22.9 Å². The Balaban J connectivity index is 2.12. The lowest BCUT2D eigenvalue weighted by molar-refractivity contribution is 0.0950. The van der Waals surface area contributed by atoms with E-state index in [9.17, 15) is 13.2 Å². The van der Waals surface area contributed by atoms with Gasteiger partial charge in [-0.25, -0.2) is 8.42 Å². The van der Waals surface area contributed by atoms with Crippen LogP contribution in [-0.2, 0) is 16.6 Å². The largest absolute Gasteiger partial charge is 0.348 e. The normalized spacial score (nSPS) is 10.9. The fraction of sp³-hybridized carbons (Fsp3) is 0.211. The molecule has 0 heterocycles. The summed E-state index contributed by atoms with van der Waals surface area (Å²) >= 11 is 0. The maximum atomic E-state index is 12.3. The van der Waals surface area contributed by atoms with Crippen molar-refractivity contribution in [1.82, 2.24) is 10.0 Å². The van der Waals surface area contributed by atoms with Crippen LogP contribution in [0.1, 0.15) is 27.0 Å². The number of hydrogen-bond donors (Lipinski definition) is 2. The van der Waals surface area contributed by atoms with Crippen LogP contribution in [0.15, 0.2) is 47.4 Å². The van der Waals surface area contributed by atoms with Gasteiger partial charge >= 0.3 is 0 Å². The molecule has 0 radical (unpaired) electrons. The second-order valence-electron chi connectivity index (χ2n) is 5.67. The highest BCUT2D eigenvalue weighted by atomic mass is 32.2. The van der Waals surface area contributed by atoms with Gasteiger partial charge in [0.1, 0.15) is 0 Å². The fourth-order valence-corrected chi connectivity index (χ4v) is 3.33. The Hall–Kier alpha value is -2.62. The number of carbonyl (C=O) groups excluding carboxylic acids is 1. The van der Waals surface area contributed by atoms with Crippen LogP contribution in [0.4, 0.5) is 0 Å². The van der Waals surface area contributed by atoms with E-state index in [0.29, 0.717) is 6.54 Å². The van der Waals surface area contributed by atoms with Gasteiger partial charge in [-0.15, -0.1) is 6.42 Å². The predicted octanol–water partition coefficient (Wildman–Crippen LogP) is 2.14. The van der Waals surface area contributed by atoms with Crippen LogP contribution < -0.4 is 10.0 Å². The third-order valence-corrected chi connectivity index (χ3v) is 5.11. The average Bonchev–Trinajstić information content (AvgIpc) is 2.59. The van der Waals surface area contributed by atoms with E-state index < -0.39 is 10.0 Å². The molecule has 0 bridgehead atoms. The number of hydrogen-bond acceptors (Lipinski definition) is 3. The number of sulfonamides is 1. The van der Waals surface area contributed by atoms with E-state index in [1.54, 1.807) is 6.07 Å². The summed E-state index contributed by atoms with van der Waals surface area (Å²) in [7, 11) is -3.73. The Morgan fingerprint density at radius 2 is 1.92 bits per heavy atom. The van der Waals surface area contributed by atoms with Crippen LogP contribution >= 0.6 is 0 Å². The van der Waals surface area contributed by atoms with Crippen LogP contribution in [0, 0.1) is 26.2 Å². The summed E-state index contributed by atoms with van der Waals surface area (Å²) in [6.45, 7) is 4.26. The van der Waals surface area contributed by atoms with Crippen molar-refractivity contribution in [1.29, 1.82) is 0 Å². The molecule has 0 aliphatic heterocycles. The predicted molar refractivity (Wildman–Crippen MR) is 97.5 cm³/mol. The minimum absolute atomic E-state index is 0.00177. The molecule has 1 amide bonds. The molecule has 0 aliphatic rings. The lowest BCUT2D eigenvalue weighted by Crippen LogP contribution is -2.26. The zero-order valence-electron chi connectivity index (χ0n) is 14.2. The summed E-state index contributed by atoms with van der Waals surface area (Å²) in [5.41, 5.74) is 3.53. The third-order valence-electron chi connectivity index (χ3n) is 3.71. The Kier molecular flexibility index (Phi) is 5.97. The van der Waals surface area contributed by atoms with Crippen LogP contribution in [0.3, 0.4) is 0 Å². The van der Waals surface area contributed by atoms with Gasteiger partial charge in [0, 0.05) is 12.1 Å². The van der Waals surface area contributed by atoms with Crippen LogP contribution in [0.2, 0.25) is 0 Å². The minimum Gasteiger partial charge on any atom is -0.348 e. The van der Waals surface area contributed by atoms with E-state index in [0.717, 1.165) is 16.7 Å². The molecule has 0 aliphatic carbocycles. The van der Waals surface area contributed by atoms with Gasteiger partial charge in [0.05, 0.1) is 11.4 Å². The second kappa shape index (κ2) is 7.97. The number of amides is 1. The number of benzene rings is 2. The minimum atomic E-state index is -3.73. The summed E-state index contributed by atoms with van der Waals surface area (Å²) < 4.78 is 26.4. The maximum absolute atomic E-state index is 12.3. The fourth-order valence-electron chi connectivity index (χ4n) is 2.35. The molecule has 2 N–H and O–H groups in total. The Labute approximate surface area is 148 Å². The van der Waals surface area contributed by atoms with Crippen molar-refractivity contribution in [3.63, 3.8) is 0 Å². The van der Waals surface area contributed by atoms with Gasteiger partial charge in [-0.3, -0.25) is 4.79 Å². The quantitative estimate of drug-likeness (QED) is 0.779. The lowest BCUT2D eigenvalue weighted by atomic mass is 10.1. The van der Waals surface area contributed by atoms with Crippen molar-refractivity contribution in [3.05, 3.63) is 64.7 Å². The SMILES string of the molecule is C#CCNS(=O)(=O)c1cccc(C(=O)NCc2ccc(C)cc2C)c1. The molecule has 2 aromatic rings. The Bertz CT molecular complexity index is 928. The Morgan fingerprint density at radius 3 is 2.60 bits per heavy atom. The molecule has 2 aromatic carbocycles. The lowest BCUT2D eigenvalue weighted by Gasteiger charge is -2.10. The van der Waals surface area contributed by atoms with Gasteiger partial charge in [-0.05, 0) is 43.2 Å². The zero-order valence-corrected chi connectivity index (χ0v) is 15.0. The average molecular weight is 356 g/mol. The first-order valence-electron chi connectivity index (χ1n) is 7.71. The first-order chi connectivity index (χ1) is 11.8. The summed E-state index contributed by atoms with van der Waals surface area (Å²) in [5, 5.41) is 2.81. The molecule has 5 nitrogen and oxygen atoms in total. The van der Waals surface area contributed by atoms with Gasteiger partial charge in [-0.1, -0.05) is 35.7 Å². The molecule has 25 heavy (non-hydrogen) atoms. The molecule has 0 fully saturated rings. The number of nitrogens with one attached hydrogen (secondary N) is 2. The molecule has 0 atom stereocenters. The van der Waals surface area contributed by atoms with Crippen LogP contribution in [0.25, 0.3) is 0 Å². The van der Waals surface area contributed by atoms with E-state index >= 15 is 0 Å². The zero-order chi connectivity index (χ0) is 18.4. The van der Waals surface area contributed by atoms with Gasteiger partial charge in [0.25, 0.3) is 5.91 Å². The molecular weight excluding hydrogens is 336 g/mol. The number of rotatable bonds is 6. The van der Waals surface area contributed by atoms with E-state index in [1.165, 1.54) is 18.2 Å². The summed E-state index contributed by atoms with van der Waals surface area (Å²) in [6, 6.07) is 11.8. The number of carbonyl (C=O) groups is 1. The van der Waals surface area contributed by atoms with E-state index in [1.807, 2.05) is 32.0 Å². The van der Waals surface area contributed by atoms with Crippen molar-refractivity contribution >= 4 is 15.9 Å². The second-order valence-corrected chi connectivity index (χ2v) is 7.44. The van der Waals surface area contributed by atoms with Gasteiger partial charge in [0.2, 0.25) is 10.0 Å². The van der Waals surface area contributed by atoms with Gasteiger partial charge in [-0.2, -0.15) is 4.72 Å². The molecule has 0 spiro atoms. The first kappa shape index (κ1) is 18.7. The summed E-state index contributed by atoms with van der Waals surface area (Å²) in [5.74, 6) is 1.87. The maximum Gasteiger partial charge on any atom is 0.251 e. The highest BCUT2D eigenvalue weighted by molar-refractivity contribution is 7.89. The molecular formula is C19H20N2O3S. The Morgan fingerprint density at radius 1 is 1.16 bits per heavy atom. The molecule has 130 valence electrons. The molecule has 0 unspecified atom stereocenters. The van der Waals surface area contributed by atoms with Gasteiger partial charge < -0.3 is 5.32 Å². The summed E-state index contributed by atoms with van der Waals surface area (Å²) in [6.07, 6.45) is 5.07. The van der Waals surface area contributed by atoms with Crippen molar-refractivity contribution in [3.8, 4) is 12.3 Å². The number of terminal acetylenes is 1. The smallest absolute Gasteiger partial charge is 0.251 e. The standard InChI is InChI=1S/C19H20N2O3S/c1-4-10-21-25(23,24)18-7-5-6-16(12-18)19(22)20-13-17-9-8-14(2)11-15(17)3/h1,5-9,11-12,21H,10,13H2,2-3H3,(H,20,22).